The summed E-state index contributed by atoms with van der Waals surface area (Å²) in [5.74, 6) is 0.177. The van der Waals surface area contributed by atoms with Crippen molar-refractivity contribution in [3.63, 3.8) is 0 Å². The number of ether oxygens (including phenoxy) is 2. The molecule has 26 heavy (non-hydrogen) atoms. The van der Waals surface area contributed by atoms with E-state index in [1.54, 1.807) is 24.3 Å². The number of amides is 1. The highest BCUT2D eigenvalue weighted by molar-refractivity contribution is 6.31. The quantitative estimate of drug-likeness (QED) is 0.453. The number of rotatable bonds is 7. The number of nitrogens with zero attached hydrogens (tertiary/aromatic N) is 2. The number of aryl methyl sites for hydroxylation is 1. The monoisotopic (exact) mass is 377 g/mol. The van der Waals surface area contributed by atoms with Gasteiger partial charge in [-0.25, -0.2) is 5.43 Å². The molecule has 0 aliphatic heterocycles. The van der Waals surface area contributed by atoms with Gasteiger partial charge in [0.05, 0.1) is 18.2 Å². The maximum atomic E-state index is 11.7. The van der Waals surface area contributed by atoms with Gasteiger partial charge in [-0.2, -0.15) is 5.10 Å². The molecule has 0 saturated heterocycles. The van der Waals surface area contributed by atoms with Crippen LogP contribution in [0.2, 0.25) is 5.02 Å². The van der Waals surface area contributed by atoms with Crippen molar-refractivity contribution in [3.05, 3.63) is 62.7 Å². The summed E-state index contributed by atoms with van der Waals surface area (Å²) in [5, 5.41) is 15.3. The minimum atomic E-state index is -0.559. The van der Waals surface area contributed by atoms with Crippen molar-refractivity contribution in [2.24, 2.45) is 5.10 Å². The van der Waals surface area contributed by atoms with Gasteiger partial charge in [-0.1, -0.05) is 11.6 Å². The molecule has 0 heterocycles. The molecule has 0 spiro atoms. The maximum Gasteiger partial charge on any atom is 0.311 e. The minimum Gasteiger partial charge on any atom is -0.490 e. The topological polar surface area (TPSA) is 103 Å². The van der Waals surface area contributed by atoms with Crippen LogP contribution in [0.5, 0.6) is 11.5 Å². The van der Waals surface area contributed by atoms with Gasteiger partial charge in [0.2, 0.25) is 0 Å². The number of carbonyl (C=O) groups excluding carboxylic acids is 1. The summed E-state index contributed by atoms with van der Waals surface area (Å²) in [6.07, 6.45) is 1.29. The van der Waals surface area contributed by atoms with Gasteiger partial charge in [0, 0.05) is 16.7 Å². The van der Waals surface area contributed by atoms with Gasteiger partial charge < -0.3 is 9.47 Å². The van der Waals surface area contributed by atoms with Crippen molar-refractivity contribution in [1.82, 2.24) is 5.43 Å². The van der Waals surface area contributed by atoms with Crippen molar-refractivity contribution in [3.8, 4) is 11.5 Å². The van der Waals surface area contributed by atoms with Gasteiger partial charge in [-0.05, 0) is 42.8 Å². The first-order valence-corrected chi connectivity index (χ1v) is 7.82. The highest BCUT2D eigenvalue weighted by Crippen LogP contribution is 2.26. The molecule has 0 unspecified atom stereocenters. The Morgan fingerprint density at radius 1 is 1.35 bits per heavy atom. The molecular formula is C17H16ClN3O5. The van der Waals surface area contributed by atoms with E-state index < -0.39 is 10.8 Å². The molecule has 0 fully saturated rings. The van der Waals surface area contributed by atoms with E-state index in [2.05, 4.69) is 10.5 Å². The number of nitro groups is 1. The third kappa shape index (κ3) is 5.18. The van der Waals surface area contributed by atoms with E-state index in [1.165, 1.54) is 25.5 Å². The first-order valence-electron chi connectivity index (χ1n) is 7.44. The molecule has 0 aliphatic rings. The maximum absolute atomic E-state index is 11.7. The number of halogens is 1. The summed E-state index contributed by atoms with van der Waals surface area (Å²) >= 11 is 5.92. The Labute approximate surface area is 154 Å². The summed E-state index contributed by atoms with van der Waals surface area (Å²) in [5.41, 5.74) is 3.37. The van der Waals surface area contributed by atoms with E-state index >= 15 is 0 Å². The van der Waals surface area contributed by atoms with Crippen LogP contribution >= 0.6 is 11.6 Å². The van der Waals surface area contributed by atoms with Gasteiger partial charge in [0.1, 0.15) is 5.75 Å². The summed E-state index contributed by atoms with van der Waals surface area (Å²) in [7, 11) is 1.35. The van der Waals surface area contributed by atoms with Gasteiger partial charge in [0.25, 0.3) is 5.91 Å². The SMILES string of the molecule is COc1ccc(/C=N\NC(=O)COc2ccc(Cl)c(C)c2)cc1[N+](=O)[O-]. The number of nitro benzene ring substituents is 1. The van der Waals surface area contributed by atoms with Gasteiger partial charge in [-0.3, -0.25) is 14.9 Å². The Morgan fingerprint density at radius 2 is 2.12 bits per heavy atom. The summed E-state index contributed by atoms with van der Waals surface area (Å²) in [6.45, 7) is 1.59. The Bertz CT molecular complexity index is 854. The van der Waals surface area contributed by atoms with Crippen LogP contribution in [-0.4, -0.2) is 30.8 Å². The normalized spacial score (nSPS) is 10.6. The fourth-order valence-electron chi connectivity index (χ4n) is 2.00. The molecule has 8 nitrogen and oxygen atoms in total. The number of carbonyl (C=O) groups is 1. The second-order valence-electron chi connectivity index (χ2n) is 5.18. The number of nitrogens with one attached hydrogen (secondary N) is 1. The van der Waals surface area contributed by atoms with Crippen LogP contribution in [0.4, 0.5) is 5.69 Å². The Morgan fingerprint density at radius 3 is 2.77 bits per heavy atom. The lowest BCUT2D eigenvalue weighted by Crippen LogP contribution is -2.24. The molecule has 1 N–H and O–H groups in total. The first kappa shape index (κ1) is 19.2. The van der Waals surface area contributed by atoms with Crippen molar-refractivity contribution in [2.75, 3.05) is 13.7 Å². The van der Waals surface area contributed by atoms with Crippen LogP contribution in [0.25, 0.3) is 0 Å². The highest BCUT2D eigenvalue weighted by Gasteiger charge is 2.14. The fraction of sp³-hybridized carbons (Fsp3) is 0.176. The van der Waals surface area contributed by atoms with E-state index in [1.807, 2.05) is 6.92 Å². The first-order chi connectivity index (χ1) is 12.4. The Hall–Kier alpha value is -3.13. The zero-order valence-corrected chi connectivity index (χ0v) is 14.8. The van der Waals surface area contributed by atoms with Crippen LogP contribution in [0, 0.1) is 17.0 Å². The molecule has 0 aromatic heterocycles. The molecule has 2 aromatic rings. The minimum absolute atomic E-state index is 0.142. The summed E-state index contributed by atoms with van der Waals surface area (Å²) in [6, 6.07) is 9.37. The second-order valence-corrected chi connectivity index (χ2v) is 5.59. The molecule has 0 saturated carbocycles. The van der Waals surface area contributed by atoms with E-state index in [4.69, 9.17) is 21.1 Å². The average Bonchev–Trinajstić information content (AvgIpc) is 2.62. The predicted molar refractivity (Wildman–Crippen MR) is 97.1 cm³/mol. The lowest BCUT2D eigenvalue weighted by Gasteiger charge is -2.06. The molecule has 0 bridgehead atoms. The van der Waals surface area contributed by atoms with E-state index in [9.17, 15) is 14.9 Å². The Kier molecular flexibility index (Phi) is 6.51. The number of benzene rings is 2. The average molecular weight is 378 g/mol. The zero-order valence-electron chi connectivity index (χ0n) is 14.1. The molecule has 136 valence electrons. The van der Waals surface area contributed by atoms with E-state index in [0.717, 1.165) is 5.56 Å². The number of hydrogen-bond donors (Lipinski definition) is 1. The molecule has 0 aliphatic carbocycles. The van der Waals surface area contributed by atoms with Crippen LogP contribution in [0.1, 0.15) is 11.1 Å². The van der Waals surface area contributed by atoms with Gasteiger partial charge in [0.15, 0.2) is 12.4 Å². The molecule has 0 radical (unpaired) electrons. The van der Waals surface area contributed by atoms with Crippen molar-refractivity contribution in [2.45, 2.75) is 6.92 Å². The van der Waals surface area contributed by atoms with Gasteiger partial charge in [-0.15, -0.1) is 0 Å². The molecule has 1 amide bonds. The zero-order chi connectivity index (χ0) is 19.1. The van der Waals surface area contributed by atoms with E-state index in [-0.39, 0.29) is 18.0 Å². The smallest absolute Gasteiger partial charge is 0.311 e. The second kappa shape index (κ2) is 8.82. The number of methoxy groups -OCH3 is 1. The third-order valence-electron chi connectivity index (χ3n) is 3.30. The molecule has 0 atom stereocenters. The predicted octanol–water partition coefficient (Wildman–Crippen LogP) is 3.09. The molecule has 2 aromatic carbocycles. The molecular weight excluding hydrogens is 362 g/mol. The van der Waals surface area contributed by atoms with Crippen LogP contribution in [0.3, 0.4) is 0 Å². The van der Waals surface area contributed by atoms with Crippen LogP contribution in [-0.2, 0) is 4.79 Å². The highest BCUT2D eigenvalue weighted by atomic mass is 35.5. The fourth-order valence-corrected chi connectivity index (χ4v) is 2.11. The van der Waals surface area contributed by atoms with Crippen LogP contribution < -0.4 is 14.9 Å². The number of hydrogen-bond acceptors (Lipinski definition) is 6. The largest absolute Gasteiger partial charge is 0.490 e. The van der Waals surface area contributed by atoms with Crippen molar-refractivity contribution < 1.29 is 19.2 Å². The summed E-state index contributed by atoms with van der Waals surface area (Å²) in [4.78, 5) is 22.1. The van der Waals surface area contributed by atoms with Crippen LogP contribution in [0.15, 0.2) is 41.5 Å². The molecule has 2 rings (SSSR count). The van der Waals surface area contributed by atoms with E-state index in [0.29, 0.717) is 16.3 Å². The van der Waals surface area contributed by atoms with Gasteiger partial charge >= 0.3 is 5.69 Å². The molecule has 9 heteroatoms. The summed E-state index contributed by atoms with van der Waals surface area (Å²) < 4.78 is 10.3. The third-order valence-corrected chi connectivity index (χ3v) is 3.73. The standard InChI is InChI=1S/C17H16ClN3O5/c1-11-7-13(4-5-14(11)18)26-10-17(22)20-19-9-12-3-6-16(25-2)15(8-12)21(23)24/h3-9H,10H2,1-2H3,(H,20,22)/b19-9-. The lowest BCUT2D eigenvalue weighted by atomic mass is 10.2. The van der Waals surface area contributed by atoms with Crippen molar-refractivity contribution in [1.29, 1.82) is 0 Å². The lowest BCUT2D eigenvalue weighted by molar-refractivity contribution is -0.385. The Balaban J connectivity index is 1.91. The number of hydrazone groups is 1. The van der Waals surface area contributed by atoms with Crippen molar-refractivity contribution >= 4 is 29.4 Å².